The molecule has 0 unspecified atom stereocenters. The van der Waals surface area contributed by atoms with Gasteiger partial charge in [0.05, 0.1) is 12.0 Å². The molecule has 0 saturated heterocycles. The number of rotatable bonds is 3. The number of anilines is 1. The van der Waals surface area contributed by atoms with E-state index in [4.69, 9.17) is 10.2 Å². The lowest BCUT2D eigenvalue weighted by Gasteiger charge is -2.00. The Hall–Kier alpha value is -1.49. The molecule has 2 heterocycles. The molecule has 0 spiro atoms. The summed E-state index contributed by atoms with van der Waals surface area (Å²) in [5, 5.41) is 0.740. The molecule has 2 N–H and O–H groups in total. The molecular weight excluding hydrogens is 198 g/mol. The third-order valence-corrected chi connectivity index (χ3v) is 2.64. The number of thioether (sulfide) groups is 1. The van der Waals surface area contributed by atoms with Crippen LogP contribution < -0.4 is 5.73 Å². The number of hydrogen-bond donors (Lipinski definition) is 1. The number of furan rings is 1. The number of nitrogens with two attached hydrogens (primary N) is 1. The molecule has 2 aromatic heterocycles. The number of nitrogen functional groups attached to an aromatic ring is 1. The van der Waals surface area contributed by atoms with Crippen LogP contribution in [-0.2, 0) is 5.75 Å². The molecule has 72 valence electrons. The van der Waals surface area contributed by atoms with Gasteiger partial charge in [-0.15, -0.1) is 0 Å². The second kappa shape index (κ2) is 4.15. The molecule has 14 heavy (non-hydrogen) atoms. The van der Waals surface area contributed by atoms with Crippen molar-refractivity contribution in [2.24, 2.45) is 0 Å². The lowest BCUT2D eigenvalue weighted by Crippen LogP contribution is -1.94. The first-order chi connectivity index (χ1) is 6.86. The van der Waals surface area contributed by atoms with Gasteiger partial charge in [0.15, 0.2) is 5.82 Å². The molecular formula is C9H9N3OS. The van der Waals surface area contributed by atoms with Crippen molar-refractivity contribution in [3.05, 3.63) is 36.5 Å². The Kier molecular flexibility index (Phi) is 2.69. The molecule has 2 rings (SSSR count). The van der Waals surface area contributed by atoms with Gasteiger partial charge in [-0.3, -0.25) is 0 Å². The fourth-order valence-electron chi connectivity index (χ4n) is 0.981. The maximum absolute atomic E-state index is 5.63. The Morgan fingerprint density at radius 2 is 2.21 bits per heavy atom. The van der Waals surface area contributed by atoms with Crippen molar-refractivity contribution in [2.75, 3.05) is 5.73 Å². The second-order valence-electron chi connectivity index (χ2n) is 2.61. The van der Waals surface area contributed by atoms with Crippen LogP contribution in [0.15, 0.2) is 40.2 Å². The molecule has 0 bridgehead atoms. The number of aromatic nitrogens is 2. The molecule has 0 aliphatic heterocycles. The summed E-state index contributed by atoms with van der Waals surface area (Å²) >= 11 is 1.51. The van der Waals surface area contributed by atoms with Gasteiger partial charge in [0, 0.05) is 12.4 Å². The summed E-state index contributed by atoms with van der Waals surface area (Å²) in [6, 6.07) is 3.77. The molecule has 0 aliphatic carbocycles. The summed E-state index contributed by atoms with van der Waals surface area (Å²) in [5.41, 5.74) is 5.63. The largest absolute Gasteiger partial charge is 0.468 e. The highest BCUT2D eigenvalue weighted by Gasteiger charge is 2.03. The third-order valence-electron chi connectivity index (χ3n) is 1.62. The van der Waals surface area contributed by atoms with Crippen molar-refractivity contribution in [1.29, 1.82) is 0 Å². The van der Waals surface area contributed by atoms with Crippen LogP contribution in [0.4, 0.5) is 5.82 Å². The van der Waals surface area contributed by atoms with Crippen molar-refractivity contribution in [2.45, 2.75) is 10.8 Å². The number of nitrogens with zero attached hydrogens (tertiary/aromatic N) is 2. The monoisotopic (exact) mass is 207 g/mol. The molecule has 5 heteroatoms. The van der Waals surface area contributed by atoms with E-state index in [9.17, 15) is 0 Å². The molecule has 4 nitrogen and oxygen atoms in total. The minimum Gasteiger partial charge on any atom is -0.468 e. The maximum atomic E-state index is 5.63. The van der Waals surface area contributed by atoms with E-state index in [-0.39, 0.29) is 0 Å². The van der Waals surface area contributed by atoms with Crippen LogP contribution in [0.3, 0.4) is 0 Å². The quantitative estimate of drug-likeness (QED) is 0.779. The van der Waals surface area contributed by atoms with Gasteiger partial charge in [0.2, 0.25) is 0 Å². The van der Waals surface area contributed by atoms with Gasteiger partial charge in [-0.2, -0.15) is 0 Å². The Labute approximate surface area is 85.6 Å². The first-order valence-electron chi connectivity index (χ1n) is 4.08. The lowest BCUT2D eigenvalue weighted by molar-refractivity contribution is 0.530. The predicted octanol–water partition coefficient (Wildman–Crippen LogP) is 1.94. The summed E-state index contributed by atoms with van der Waals surface area (Å²) in [4.78, 5) is 8.05. The van der Waals surface area contributed by atoms with Crippen LogP contribution in [0, 0.1) is 0 Å². The van der Waals surface area contributed by atoms with Crippen molar-refractivity contribution in [3.8, 4) is 0 Å². The van der Waals surface area contributed by atoms with Crippen LogP contribution in [0.2, 0.25) is 0 Å². The van der Waals surface area contributed by atoms with Crippen molar-refractivity contribution in [1.82, 2.24) is 9.97 Å². The SMILES string of the molecule is Nc1nccnc1SCc1ccco1. The minimum absolute atomic E-state index is 0.462. The average molecular weight is 207 g/mol. The predicted molar refractivity (Wildman–Crippen MR) is 54.7 cm³/mol. The lowest BCUT2D eigenvalue weighted by atomic mass is 10.5. The Morgan fingerprint density at radius 1 is 1.36 bits per heavy atom. The van der Waals surface area contributed by atoms with Crippen LogP contribution in [0.1, 0.15) is 5.76 Å². The van der Waals surface area contributed by atoms with E-state index < -0.39 is 0 Å². The minimum atomic E-state index is 0.462. The zero-order chi connectivity index (χ0) is 9.80. The highest BCUT2D eigenvalue weighted by molar-refractivity contribution is 7.98. The molecule has 0 saturated carbocycles. The highest BCUT2D eigenvalue weighted by Crippen LogP contribution is 2.23. The van der Waals surface area contributed by atoms with Gasteiger partial charge in [-0.25, -0.2) is 9.97 Å². The van der Waals surface area contributed by atoms with Gasteiger partial charge in [-0.05, 0) is 12.1 Å². The van der Waals surface area contributed by atoms with Crippen LogP contribution >= 0.6 is 11.8 Å². The van der Waals surface area contributed by atoms with Crippen molar-refractivity contribution < 1.29 is 4.42 Å². The zero-order valence-corrected chi connectivity index (χ0v) is 8.20. The molecule has 0 aromatic carbocycles. The fraction of sp³-hybridized carbons (Fsp3) is 0.111. The number of hydrogen-bond acceptors (Lipinski definition) is 5. The summed E-state index contributed by atoms with van der Waals surface area (Å²) in [6.07, 6.45) is 4.85. The third kappa shape index (κ3) is 2.05. The molecule has 0 aliphatic rings. The van der Waals surface area contributed by atoms with E-state index >= 15 is 0 Å². The molecule has 2 aromatic rings. The summed E-state index contributed by atoms with van der Waals surface area (Å²) in [5.74, 6) is 2.08. The second-order valence-corrected chi connectivity index (χ2v) is 3.58. The zero-order valence-electron chi connectivity index (χ0n) is 7.38. The summed E-state index contributed by atoms with van der Waals surface area (Å²) < 4.78 is 5.19. The van der Waals surface area contributed by atoms with E-state index in [2.05, 4.69) is 9.97 Å². The summed E-state index contributed by atoms with van der Waals surface area (Å²) in [7, 11) is 0. The van der Waals surface area contributed by atoms with Gasteiger partial charge >= 0.3 is 0 Å². The molecule has 0 amide bonds. The topological polar surface area (TPSA) is 64.9 Å². The molecule has 0 radical (unpaired) electrons. The van der Waals surface area contributed by atoms with E-state index in [0.717, 1.165) is 16.5 Å². The van der Waals surface area contributed by atoms with Crippen LogP contribution in [-0.4, -0.2) is 9.97 Å². The van der Waals surface area contributed by atoms with Crippen molar-refractivity contribution in [3.63, 3.8) is 0 Å². The standard InChI is InChI=1S/C9H9N3OS/c10-8-9(12-4-3-11-8)14-6-7-2-1-5-13-7/h1-5H,6H2,(H2,10,11). The molecule has 0 atom stereocenters. The average Bonchev–Trinajstić information content (AvgIpc) is 2.69. The van der Waals surface area contributed by atoms with E-state index in [1.807, 2.05) is 12.1 Å². The van der Waals surface area contributed by atoms with Crippen molar-refractivity contribution >= 4 is 17.6 Å². The maximum Gasteiger partial charge on any atom is 0.156 e. The van der Waals surface area contributed by atoms with E-state index in [1.165, 1.54) is 11.8 Å². The summed E-state index contributed by atoms with van der Waals surface area (Å²) in [6.45, 7) is 0. The Bertz CT molecular complexity index is 402. The van der Waals surface area contributed by atoms with Gasteiger partial charge in [0.1, 0.15) is 10.8 Å². The first-order valence-corrected chi connectivity index (χ1v) is 5.06. The Balaban J connectivity index is 2.02. The van der Waals surface area contributed by atoms with Gasteiger partial charge in [0.25, 0.3) is 0 Å². The Morgan fingerprint density at radius 3 is 2.93 bits per heavy atom. The smallest absolute Gasteiger partial charge is 0.156 e. The van der Waals surface area contributed by atoms with Gasteiger partial charge in [-0.1, -0.05) is 11.8 Å². The van der Waals surface area contributed by atoms with Crippen LogP contribution in [0.5, 0.6) is 0 Å². The fourth-order valence-corrected chi connectivity index (χ4v) is 1.76. The highest BCUT2D eigenvalue weighted by atomic mass is 32.2. The molecule has 0 fully saturated rings. The van der Waals surface area contributed by atoms with E-state index in [0.29, 0.717) is 5.82 Å². The first kappa shape index (κ1) is 9.08. The van der Waals surface area contributed by atoms with Crippen LogP contribution in [0.25, 0.3) is 0 Å². The van der Waals surface area contributed by atoms with E-state index in [1.54, 1.807) is 18.7 Å². The van der Waals surface area contributed by atoms with Gasteiger partial charge < -0.3 is 10.2 Å². The normalized spacial score (nSPS) is 10.3.